The summed E-state index contributed by atoms with van der Waals surface area (Å²) in [5, 5.41) is 6.45. The van der Waals surface area contributed by atoms with Crippen molar-refractivity contribution in [3.8, 4) is 0 Å². The average Bonchev–Trinajstić information content (AvgIpc) is 3.18. The molecule has 2 heterocycles. The molecule has 4 rings (SSSR count). The zero-order valence-electron chi connectivity index (χ0n) is 13.9. The second-order valence-corrected chi connectivity index (χ2v) is 6.85. The van der Waals surface area contributed by atoms with Crippen LogP contribution in [-0.4, -0.2) is 29.2 Å². The predicted octanol–water partition coefficient (Wildman–Crippen LogP) is 3.56. The number of ether oxygens (including phenoxy) is 1. The number of furan rings is 1. The molecule has 1 aromatic carbocycles. The van der Waals surface area contributed by atoms with E-state index in [2.05, 4.69) is 5.10 Å². The third-order valence-corrected chi connectivity index (χ3v) is 4.72. The molecule has 1 atom stereocenters. The van der Waals surface area contributed by atoms with Crippen molar-refractivity contribution < 1.29 is 18.7 Å². The molecule has 2 aromatic rings. The number of nitrogens with zero attached hydrogens (tertiary/aromatic N) is 2. The molecular weight excluding hydrogens is 356 g/mol. The number of hydrogen-bond donors (Lipinski definition) is 0. The summed E-state index contributed by atoms with van der Waals surface area (Å²) in [4.78, 5) is 24.3. The number of amides is 1. The lowest BCUT2D eigenvalue weighted by Crippen LogP contribution is -2.31. The summed E-state index contributed by atoms with van der Waals surface area (Å²) in [6.45, 7) is -0.316. The molecule has 6 nitrogen and oxygen atoms in total. The molecular formula is C19H17ClN2O4. The lowest BCUT2D eigenvalue weighted by Gasteiger charge is -2.19. The Labute approximate surface area is 155 Å². The standard InChI is InChI=1S/C19H17ClN2O4/c20-14-7-5-12(6-8-14)15-10-16(17-2-1-9-25-17)22(21-15)18(23)11-26-19(24)13-3-4-13/h1-2,5-9,13,16H,3-4,10-11H2/t16-/m1/s1. The van der Waals surface area contributed by atoms with Gasteiger partial charge in [0.15, 0.2) is 6.61 Å². The highest BCUT2D eigenvalue weighted by molar-refractivity contribution is 6.30. The highest BCUT2D eigenvalue weighted by Gasteiger charge is 2.36. The lowest BCUT2D eigenvalue weighted by molar-refractivity contribution is -0.154. The third kappa shape index (κ3) is 3.51. The topological polar surface area (TPSA) is 72.1 Å². The van der Waals surface area contributed by atoms with Crippen molar-refractivity contribution in [3.05, 3.63) is 59.0 Å². The Morgan fingerprint density at radius 2 is 2.00 bits per heavy atom. The number of esters is 1. The normalized spacial score (nSPS) is 19.3. The highest BCUT2D eigenvalue weighted by atomic mass is 35.5. The molecule has 1 aromatic heterocycles. The molecule has 1 amide bonds. The fourth-order valence-corrected chi connectivity index (χ4v) is 3.02. The van der Waals surface area contributed by atoms with Gasteiger partial charge in [-0.15, -0.1) is 0 Å². The first-order valence-corrected chi connectivity index (χ1v) is 8.85. The van der Waals surface area contributed by atoms with Gasteiger partial charge in [0.1, 0.15) is 11.8 Å². The van der Waals surface area contributed by atoms with Gasteiger partial charge in [0.25, 0.3) is 5.91 Å². The van der Waals surface area contributed by atoms with Crippen LogP contribution in [0.1, 0.15) is 36.6 Å². The molecule has 26 heavy (non-hydrogen) atoms. The van der Waals surface area contributed by atoms with E-state index in [4.69, 9.17) is 20.8 Å². The second kappa shape index (κ2) is 6.96. The first kappa shape index (κ1) is 16.8. The van der Waals surface area contributed by atoms with E-state index in [0.717, 1.165) is 24.1 Å². The van der Waals surface area contributed by atoms with Gasteiger partial charge in [-0.1, -0.05) is 23.7 Å². The maximum Gasteiger partial charge on any atom is 0.309 e. The van der Waals surface area contributed by atoms with E-state index >= 15 is 0 Å². The Morgan fingerprint density at radius 1 is 1.23 bits per heavy atom. The Morgan fingerprint density at radius 3 is 2.65 bits per heavy atom. The first-order valence-electron chi connectivity index (χ1n) is 8.47. The van der Waals surface area contributed by atoms with Gasteiger partial charge in [0, 0.05) is 11.4 Å². The summed E-state index contributed by atoms with van der Waals surface area (Å²) in [7, 11) is 0. The zero-order chi connectivity index (χ0) is 18.1. The van der Waals surface area contributed by atoms with Gasteiger partial charge in [-0.3, -0.25) is 9.59 Å². The summed E-state index contributed by atoms with van der Waals surface area (Å²) in [6.07, 6.45) is 3.75. The molecule has 0 N–H and O–H groups in total. The number of carbonyl (C=O) groups is 2. The maximum atomic E-state index is 12.6. The van der Waals surface area contributed by atoms with Crippen LogP contribution in [0.5, 0.6) is 0 Å². The number of carbonyl (C=O) groups excluding carboxylic acids is 2. The van der Waals surface area contributed by atoms with Gasteiger partial charge in [-0.25, -0.2) is 5.01 Å². The van der Waals surface area contributed by atoms with Crippen molar-refractivity contribution in [2.75, 3.05) is 6.61 Å². The minimum atomic E-state index is -0.371. The van der Waals surface area contributed by atoms with Gasteiger partial charge in [0.2, 0.25) is 0 Å². The Bertz CT molecular complexity index is 841. The molecule has 134 valence electrons. The van der Waals surface area contributed by atoms with Crippen LogP contribution in [0.4, 0.5) is 0 Å². The van der Waals surface area contributed by atoms with Crippen LogP contribution in [0, 0.1) is 5.92 Å². The number of hydrazone groups is 1. The van der Waals surface area contributed by atoms with Crippen molar-refractivity contribution in [1.29, 1.82) is 0 Å². The van der Waals surface area contributed by atoms with Gasteiger partial charge < -0.3 is 9.15 Å². The van der Waals surface area contributed by atoms with Crippen LogP contribution in [0.3, 0.4) is 0 Å². The average molecular weight is 373 g/mol. The van der Waals surface area contributed by atoms with E-state index in [1.807, 2.05) is 18.2 Å². The van der Waals surface area contributed by atoms with E-state index < -0.39 is 0 Å². The molecule has 0 unspecified atom stereocenters. The van der Waals surface area contributed by atoms with Crippen molar-refractivity contribution in [2.24, 2.45) is 11.0 Å². The first-order chi connectivity index (χ1) is 12.6. The Balaban J connectivity index is 1.53. The summed E-state index contributed by atoms with van der Waals surface area (Å²) in [5.74, 6) is -0.0895. The SMILES string of the molecule is O=C(OCC(=O)N1N=C(c2ccc(Cl)cc2)C[C@@H]1c1ccco1)C1CC1. The molecule has 0 saturated heterocycles. The van der Waals surface area contributed by atoms with E-state index in [1.165, 1.54) is 5.01 Å². The molecule has 0 radical (unpaired) electrons. The lowest BCUT2D eigenvalue weighted by atomic mass is 10.0. The Kier molecular flexibility index (Phi) is 4.51. The Hall–Kier alpha value is -2.60. The minimum absolute atomic E-state index is 0.0459. The van der Waals surface area contributed by atoms with Crippen LogP contribution in [0.2, 0.25) is 5.02 Å². The fraction of sp³-hybridized carbons (Fsp3) is 0.316. The molecule has 1 fully saturated rings. The van der Waals surface area contributed by atoms with Crippen LogP contribution < -0.4 is 0 Å². The van der Waals surface area contributed by atoms with E-state index in [0.29, 0.717) is 17.2 Å². The van der Waals surface area contributed by atoms with E-state index in [9.17, 15) is 9.59 Å². The highest BCUT2D eigenvalue weighted by Crippen LogP contribution is 2.34. The van der Waals surface area contributed by atoms with E-state index in [1.54, 1.807) is 24.5 Å². The van der Waals surface area contributed by atoms with Crippen LogP contribution in [0.15, 0.2) is 52.2 Å². The summed E-state index contributed by atoms with van der Waals surface area (Å²) in [6, 6.07) is 10.5. The van der Waals surface area contributed by atoms with Crippen molar-refractivity contribution >= 4 is 29.2 Å². The molecule has 7 heteroatoms. The predicted molar refractivity (Wildman–Crippen MR) is 94.6 cm³/mol. The largest absolute Gasteiger partial charge is 0.467 e. The van der Waals surface area contributed by atoms with Crippen molar-refractivity contribution in [1.82, 2.24) is 5.01 Å². The number of halogens is 1. The van der Waals surface area contributed by atoms with Crippen molar-refractivity contribution in [3.63, 3.8) is 0 Å². The molecule has 0 bridgehead atoms. The summed E-state index contributed by atoms with van der Waals surface area (Å²) < 4.78 is 10.6. The zero-order valence-corrected chi connectivity index (χ0v) is 14.7. The number of rotatable bonds is 5. The van der Waals surface area contributed by atoms with Crippen LogP contribution >= 0.6 is 11.6 Å². The summed E-state index contributed by atoms with van der Waals surface area (Å²) >= 11 is 5.94. The summed E-state index contributed by atoms with van der Waals surface area (Å²) in [5.41, 5.74) is 1.64. The van der Waals surface area contributed by atoms with Gasteiger partial charge in [-0.2, -0.15) is 5.10 Å². The van der Waals surface area contributed by atoms with Gasteiger partial charge >= 0.3 is 5.97 Å². The number of hydrogen-bond acceptors (Lipinski definition) is 5. The van der Waals surface area contributed by atoms with Crippen molar-refractivity contribution in [2.45, 2.75) is 25.3 Å². The van der Waals surface area contributed by atoms with Gasteiger partial charge in [-0.05, 0) is 42.7 Å². The molecule has 2 aliphatic rings. The number of benzene rings is 1. The third-order valence-electron chi connectivity index (χ3n) is 4.46. The second-order valence-electron chi connectivity index (χ2n) is 6.41. The quantitative estimate of drug-likeness (QED) is 0.752. The smallest absolute Gasteiger partial charge is 0.309 e. The van der Waals surface area contributed by atoms with E-state index in [-0.39, 0.29) is 30.4 Å². The minimum Gasteiger partial charge on any atom is -0.467 e. The van der Waals surface area contributed by atoms with Crippen LogP contribution in [-0.2, 0) is 14.3 Å². The van der Waals surface area contributed by atoms with Crippen LogP contribution in [0.25, 0.3) is 0 Å². The fourth-order valence-electron chi connectivity index (χ4n) is 2.90. The molecule has 1 aliphatic carbocycles. The van der Waals surface area contributed by atoms with Gasteiger partial charge in [0.05, 0.1) is 17.9 Å². The maximum absolute atomic E-state index is 12.6. The molecule has 1 saturated carbocycles. The monoisotopic (exact) mass is 372 g/mol. The molecule has 1 aliphatic heterocycles. The molecule has 0 spiro atoms.